The van der Waals surface area contributed by atoms with Gasteiger partial charge >= 0.3 is 0 Å². The quantitative estimate of drug-likeness (QED) is 0.0830. The molecule has 0 unspecified atom stereocenters. The Hall–Kier alpha value is 0.180. The average molecular weight is 489 g/mol. The van der Waals surface area contributed by atoms with Crippen molar-refractivity contribution in [3.63, 3.8) is 0 Å². The number of hydrogen-bond acceptors (Lipinski definition) is 0. The lowest BCUT2D eigenvalue weighted by molar-refractivity contribution is -0.890. The highest BCUT2D eigenvalue weighted by Gasteiger charge is 2.13. The first-order chi connectivity index (χ1) is 14.1. The van der Waals surface area contributed by atoms with Crippen molar-refractivity contribution in [3.8, 4) is 0 Å². The Bertz CT molecular complexity index is 327. The molecular formula is C28H58BrN. The molecule has 30 heavy (non-hydrogen) atoms. The van der Waals surface area contributed by atoms with E-state index in [0.29, 0.717) is 0 Å². The number of halogens is 1. The highest BCUT2D eigenvalue weighted by molar-refractivity contribution is 4.65. The topological polar surface area (TPSA) is 0 Å². The van der Waals surface area contributed by atoms with Crippen LogP contribution in [0.1, 0.15) is 142 Å². The maximum absolute atomic E-state index is 3.80. The fourth-order valence-electron chi connectivity index (χ4n) is 4.38. The molecule has 0 aromatic rings. The summed E-state index contributed by atoms with van der Waals surface area (Å²) in [6, 6.07) is 0. The molecule has 0 saturated carbocycles. The summed E-state index contributed by atoms with van der Waals surface area (Å²) in [6.07, 6.45) is 32.1. The number of quaternary nitrogens is 1. The zero-order chi connectivity index (χ0) is 21.5. The van der Waals surface area contributed by atoms with E-state index in [2.05, 4.69) is 33.7 Å². The number of unbranched alkanes of at least 4 members (excludes halogenated alkanes) is 19. The van der Waals surface area contributed by atoms with Crippen LogP contribution >= 0.6 is 0 Å². The predicted molar refractivity (Wildman–Crippen MR) is 135 cm³/mol. The molecule has 0 saturated heterocycles. The Kier molecular flexibility index (Phi) is 27.4. The van der Waals surface area contributed by atoms with Gasteiger partial charge in [-0.05, 0) is 38.5 Å². The zero-order valence-electron chi connectivity index (χ0n) is 21.4. The van der Waals surface area contributed by atoms with Crippen molar-refractivity contribution >= 4 is 0 Å². The van der Waals surface area contributed by atoms with Crippen LogP contribution in [-0.4, -0.2) is 31.7 Å². The number of nitrogens with zero attached hydrogens (tertiary/aromatic N) is 1. The van der Waals surface area contributed by atoms with E-state index in [9.17, 15) is 0 Å². The van der Waals surface area contributed by atoms with Gasteiger partial charge < -0.3 is 21.5 Å². The molecule has 0 aliphatic rings. The second-order valence-electron chi connectivity index (χ2n) is 10.2. The van der Waals surface area contributed by atoms with Gasteiger partial charge in [-0.25, -0.2) is 0 Å². The molecule has 0 N–H and O–H groups in total. The van der Waals surface area contributed by atoms with Crippen molar-refractivity contribution in [2.45, 2.75) is 142 Å². The van der Waals surface area contributed by atoms with E-state index in [0.717, 1.165) is 0 Å². The molecule has 0 heterocycles. The summed E-state index contributed by atoms with van der Waals surface area (Å²) in [7, 11) is 4.87. The average Bonchev–Trinajstić information content (AvgIpc) is 2.70. The maximum atomic E-state index is 3.80. The van der Waals surface area contributed by atoms with E-state index in [4.69, 9.17) is 0 Å². The largest absolute Gasteiger partial charge is 1.00 e. The number of allylic oxidation sites excluding steroid dienone is 1. The molecule has 0 atom stereocenters. The predicted octanol–water partition coefficient (Wildman–Crippen LogP) is 6.46. The molecule has 0 radical (unpaired) electrons. The van der Waals surface area contributed by atoms with Crippen LogP contribution in [0.4, 0.5) is 0 Å². The van der Waals surface area contributed by atoms with Gasteiger partial charge in [0.2, 0.25) is 0 Å². The van der Waals surface area contributed by atoms with E-state index in [1.165, 1.54) is 152 Å². The van der Waals surface area contributed by atoms with Crippen LogP contribution in [-0.2, 0) is 0 Å². The molecule has 2 heteroatoms. The molecule has 0 aliphatic heterocycles. The summed E-state index contributed by atoms with van der Waals surface area (Å²) in [4.78, 5) is 0. The van der Waals surface area contributed by atoms with Crippen molar-refractivity contribution in [2.24, 2.45) is 0 Å². The minimum atomic E-state index is 0. The normalized spacial score (nSPS) is 11.4. The van der Waals surface area contributed by atoms with Crippen LogP contribution < -0.4 is 17.0 Å². The summed E-state index contributed by atoms with van der Waals surface area (Å²) in [5.74, 6) is 0. The Morgan fingerprint density at radius 1 is 0.500 bits per heavy atom. The van der Waals surface area contributed by atoms with Gasteiger partial charge in [0, 0.05) is 0 Å². The second-order valence-corrected chi connectivity index (χ2v) is 10.2. The van der Waals surface area contributed by atoms with E-state index >= 15 is 0 Å². The Morgan fingerprint density at radius 2 is 0.800 bits per heavy atom. The van der Waals surface area contributed by atoms with E-state index in [1.807, 2.05) is 0 Å². The maximum Gasteiger partial charge on any atom is 0.0782 e. The summed E-state index contributed by atoms with van der Waals surface area (Å²) in [6.45, 7) is 8.84. The molecule has 0 aliphatic carbocycles. The van der Waals surface area contributed by atoms with E-state index in [-0.39, 0.29) is 17.0 Å². The van der Waals surface area contributed by atoms with Gasteiger partial charge in [-0.1, -0.05) is 109 Å². The summed E-state index contributed by atoms with van der Waals surface area (Å²) >= 11 is 0. The van der Waals surface area contributed by atoms with Crippen molar-refractivity contribution in [3.05, 3.63) is 12.7 Å². The lowest BCUT2D eigenvalue weighted by Crippen LogP contribution is -3.00. The summed E-state index contributed by atoms with van der Waals surface area (Å²) in [5.41, 5.74) is 0. The summed E-state index contributed by atoms with van der Waals surface area (Å²) in [5, 5.41) is 0. The third-order valence-electron chi connectivity index (χ3n) is 6.54. The highest BCUT2D eigenvalue weighted by Crippen LogP contribution is 2.14. The van der Waals surface area contributed by atoms with Gasteiger partial charge in [-0.15, -0.1) is 6.58 Å². The number of hydrogen-bond donors (Lipinski definition) is 0. The third kappa shape index (κ3) is 26.2. The first kappa shape index (κ1) is 32.4. The third-order valence-corrected chi connectivity index (χ3v) is 6.54. The monoisotopic (exact) mass is 487 g/mol. The van der Waals surface area contributed by atoms with Crippen molar-refractivity contribution in [2.75, 3.05) is 27.2 Å². The first-order valence-corrected chi connectivity index (χ1v) is 13.6. The molecule has 1 nitrogen and oxygen atoms in total. The molecule has 0 spiro atoms. The number of rotatable bonds is 24. The van der Waals surface area contributed by atoms with Crippen LogP contribution in [0.2, 0.25) is 0 Å². The molecule has 182 valence electrons. The van der Waals surface area contributed by atoms with E-state index < -0.39 is 0 Å². The van der Waals surface area contributed by atoms with Crippen molar-refractivity contribution in [1.82, 2.24) is 0 Å². The van der Waals surface area contributed by atoms with Gasteiger partial charge in [0.05, 0.1) is 27.2 Å². The van der Waals surface area contributed by atoms with Gasteiger partial charge in [0.15, 0.2) is 0 Å². The minimum absolute atomic E-state index is 0. The van der Waals surface area contributed by atoms with Crippen molar-refractivity contribution < 1.29 is 21.5 Å². The Labute approximate surface area is 202 Å². The van der Waals surface area contributed by atoms with Gasteiger partial charge in [0.1, 0.15) is 0 Å². The van der Waals surface area contributed by atoms with Gasteiger partial charge in [0.25, 0.3) is 0 Å². The van der Waals surface area contributed by atoms with Crippen LogP contribution in [0, 0.1) is 0 Å². The Morgan fingerprint density at radius 3 is 1.13 bits per heavy atom. The van der Waals surface area contributed by atoms with Gasteiger partial charge in [-0.2, -0.15) is 0 Å². The molecule has 0 fully saturated rings. The standard InChI is InChI=1S/C28H58N.BrH/c1-5-7-9-11-13-15-16-17-18-19-20-22-24-26-28-29(3,4)27-25-23-21-14-12-10-8-6-2;/h6H,2,5,7-28H2,1,3-4H3;1H/q+1;/p-1. The SMILES string of the molecule is C=CCCCCCCCC[N+](C)(C)CCCCCCCCCCCCCCCC.[Br-]. The molecule has 0 rings (SSSR count). The Balaban J connectivity index is 0. The first-order valence-electron chi connectivity index (χ1n) is 13.6. The molecule has 0 amide bonds. The van der Waals surface area contributed by atoms with Crippen molar-refractivity contribution in [1.29, 1.82) is 0 Å². The summed E-state index contributed by atoms with van der Waals surface area (Å²) < 4.78 is 1.23. The molecule has 0 aromatic carbocycles. The van der Waals surface area contributed by atoms with Crippen LogP contribution in [0.5, 0.6) is 0 Å². The molecular weight excluding hydrogens is 430 g/mol. The fraction of sp³-hybridized carbons (Fsp3) is 0.929. The van der Waals surface area contributed by atoms with Crippen LogP contribution in [0.15, 0.2) is 12.7 Å². The second kappa shape index (κ2) is 25.4. The molecule has 0 aromatic heterocycles. The van der Waals surface area contributed by atoms with E-state index in [1.54, 1.807) is 0 Å². The lowest BCUT2D eigenvalue weighted by Gasteiger charge is -2.30. The fourth-order valence-corrected chi connectivity index (χ4v) is 4.38. The van der Waals surface area contributed by atoms with Crippen LogP contribution in [0.25, 0.3) is 0 Å². The zero-order valence-corrected chi connectivity index (χ0v) is 23.0. The molecule has 0 bridgehead atoms. The van der Waals surface area contributed by atoms with Crippen LogP contribution in [0.3, 0.4) is 0 Å². The van der Waals surface area contributed by atoms with Gasteiger partial charge in [-0.3, -0.25) is 0 Å². The smallest absolute Gasteiger partial charge is 0.0782 e. The lowest BCUT2D eigenvalue weighted by atomic mass is 10.0. The minimum Gasteiger partial charge on any atom is -1.00 e. The highest BCUT2D eigenvalue weighted by atomic mass is 79.9.